The number of nitrogens with one attached hydrogen (secondary N) is 2. The molecule has 0 aromatic carbocycles. The van der Waals surface area contributed by atoms with E-state index in [1.54, 1.807) is 4.57 Å². The van der Waals surface area contributed by atoms with Crippen molar-refractivity contribution in [3.63, 3.8) is 0 Å². The van der Waals surface area contributed by atoms with Crippen LogP contribution >= 0.6 is 12.2 Å². The van der Waals surface area contributed by atoms with Crippen molar-refractivity contribution in [2.75, 3.05) is 0 Å². The van der Waals surface area contributed by atoms with E-state index in [4.69, 9.17) is 12.2 Å². The van der Waals surface area contributed by atoms with Crippen LogP contribution < -0.4 is 11.2 Å². The van der Waals surface area contributed by atoms with Crippen LogP contribution in [-0.2, 0) is 13.0 Å². The average Bonchev–Trinajstić information content (AvgIpc) is 3.13. The molecule has 0 unspecified atom stereocenters. The van der Waals surface area contributed by atoms with E-state index in [2.05, 4.69) is 15.0 Å². The monoisotopic (exact) mass is 360 g/mol. The minimum Gasteiger partial charge on any atom is -0.329 e. The summed E-state index contributed by atoms with van der Waals surface area (Å²) in [6.45, 7) is 4.60. The zero-order valence-electron chi connectivity index (χ0n) is 14.7. The van der Waals surface area contributed by atoms with Gasteiger partial charge < -0.3 is 4.98 Å². The van der Waals surface area contributed by atoms with Gasteiger partial charge in [-0.1, -0.05) is 32.5 Å². The van der Waals surface area contributed by atoms with Crippen LogP contribution in [0.25, 0.3) is 11.0 Å². The zero-order valence-corrected chi connectivity index (χ0v) is 15.5. The van der Waals surface area contributed by atoms with Gasteiger partial charge in [0.25, 0.3) is 5.56 Å². The van der Waals surface area contributed by atoms with Crippen LogP contribution in [0.5, 0.6) is 0 Å². The third-order valence-corrected chi connectivity index (χ3v) is 6.10. The molecule has 2 aromatic rings. The van der Waals surface area contributed by atoms with E-state index in [0.717, 1.165) is 24.1 Å². The molecule has 0 radical (unpaired) electrons. The number of aromatic amines is 2. The zero-order chi connectivity index (χ0) is 17.7. The Morgan fingerprint density at radius 2 is 2.04 bits per heavy atom. The summed E-state index contributed by atoms with van der Waals surface area (Å²) in [4.78, 5) is 34.6. The highest BCUT2D eigenvalue weighted by Gasteiger charge is 2.39. The molecule has 0 aliphatic heterocycles. The molecule has 0 amide bonds. The maximum Gasteiger partial charge on any atom is 0.329 e. The maximum absolute atomic E-state index is 12.3. The lowest BCUT2D eigenvalue weighted by atomic mass is 9.86. The molecular weight excluding hydrogens is 336 g/mol. The molecule has 134 valence electrons. The molecule has 0 spiro atoms. The lowest BCUT2D eigenvalue weighted by molar-refractivity contribution is 0.326. The highest BCUT2D eigenvalue weighted by Crippen LogP contribution is 2.49. The number of aromatic nitrogens is 4. The van der Waals surface area contributed by atoms with Gasteiger partial charge in [0.05, 0.1) is 0 Å². The van der Waals surface area contributed by atoms with E-state index in [1.807, 2.05) is 13.8 Å². The molecule has 2 saturated carbocycles. The number of hydrogen-bond acceptors (Lipinski definition) is 4. The van der Waals surface area contributed by atoms with Crippen LogP contribution in [0.15, 0.2) is 9.59 Å². The molecule has 2 heterocycles. The van der Waals surface area contributed by atoms with Crippen LogP contribution in [0.4, 0.5) is 0 Å². The summed E-state index contributed by atoms with van der Waals surface area (Å²) in [6, 6.07) is 0. The third kappa shape index (κ3) is 2.99. The molecule has 7 heteroatoms. The molecule has 4 rings (SSSR count). The Kier molecular flexibility index (Phi) is 4.14. The fourth-order valence-corrected chi connectivity index (χ4v) is 5.05. The number of fused-ring (bicyclic) bond motifs is 3. The van der Waals surface area contributed by atoms with Crippen molar-refractivity contribution in [3.05, 3.63) is 31.3 Å². The van der Waals surface area contributed by atoms with Crippen LogP contribution in [-0.4, -0.2) is 19.5 Å². The molecule has 2 bridgehead atoms. The smallest absolute Gasteiger partial charge is 0.329 e. The largest absolute Gasteiger partial charge is 0.329 e. The first kappa shape index (κ1) is 16.7. The van der Waals surface area contributed by atoms with Crippen molar-refractivity contribution in [1.29, 1.82) is 0 Å². The van der Waals surface area contributed by atoms with Gasteiger partial charge in [0.1, 0.15) is 21.5 Å². The molecule has 2 aromatic heterocycles. The predicted molar refractivity (Wildman–Crippen MR) is 99.3 cm³/mol. The SMILES string of the molecule is CC(C)Cn1c(=O)[nH]c(=O)c2c(=S)nc(C[C@@H]3C[C@H]4CC[C@H]3C4)[nH]c21. The lowest BCUT2D eigenvalue weighted by Crippen LogP contribution is -2.32. The van der Waals surface area contributed by atoms with E-state index < -0.39 is 11.2 Å². The van der Waals surface area contributed by atoms with E-state index >= 15 is 0 Å². The summed E-state index contributed by atoms with van der Waals surface area (Å²) in [5.41, 5.74) is -0.338. The minimum absolute atomic E-state index is 0.274. The molecule has 6 nitrogen and oxygen atoms in total. The fraction of sp³-hybridized carbons (Fsp3) is 0.667. The first-order valence-corrected chi connectivity index (χ1v) is 9.59. The Balaban J connectivity index is 1.80. The van der Waals surface area contributed by atoms with Gasteiger partial charge in [-0.05, 0) is 42.9 Å². The fourth-order valence-electron chi connectivity index (χ4n) is 4.75. The van der Waals surface area contributed by atoms with Crippen LogP contribution in [0.1, 0.15) is 45.4 Å². The second-order valence-corrected chi connectivity index (χ2v) is 8.50. The van der Waals surface area contributed by atoms with Crippen molar-refractivity contribution in [2.45, 2.75) is 52.5 Å². The Bertz CT molecular complexity index is 987. The number of nitrogens with zero attached hydrogens (tertiary/aromatic N) is 2. The van der Waals surface area contributed by atoms with Crippen LogP contribution in [0.3, 0.4) is 0 Å². The van der Waals surface area contributed by atoms with Crippen LogP contribution in [0, 0.1) is 28.3 Å². The minimum atomic E-state index is -0.458. The second-order valence-electron chi connectivity index (χ2n) is 8.12. The molecule has 2 aliphatic carbocycles. The Morgan fingerprint density at radius 3 is 2.68 bits per heavy atom. The van der Waals surface area contributed by atoms with E-state index in [0.29, 0.717) is 23.5 Å². The molecular formula is C18H24N4O2S. The van der Waals surface area contributed by atoms with Gasteiger partial charge in [-0.2, -0.15) is 0 Å². The van der Waals surface area contributed by atoms with Gasteiger partial charge in [-0.25, -0.2) is 9.78 Å². The van der Waals surface area contributed by atoms with Crippen molar-refractivity contribution < 1.29 is 0 Å². The summed E-state index contributed by atoms with van der Waals surface area (Å²) >= 11 is 5.39. The van der Waals surface area contributed by atoms with E-state index in [9.17, 15) is 9.59 Å². The van der Waals surface area contributed by atoms with Crippen molar-refractivity contribution in [2.24, 2.45) is 23.7 Å². The van der Waals surface area contributed by atoms with Gasteiger partial charge in [0.15, 0.2) is 0 Å². The summed E-state index contributed by atoms with van der Waals surface area (Å²) < 4.78 is 1.87. The molecule has 2 fully saturated rings. The Hall–Kier alpha value is -1.76. The summed E-state index contributed by atoms with van der Waals surface area (Å²) in [7, 11) is 0. The number of rotatable bonds is 4. The molecule has 3 atom stereocenters. The topological polar surface area (TPSA) is 83.5 Å². The molecule has 25 heavy (non-hydrogen) atoms. The first-order chi connectivity index (χ1) is 11.9. The highest BCUT2D eigenvalue weighted by molar-refractivity contribution is 7.71. The predicted octanol–water partition coefficient (Wildman–Crippen LogP) is 2.78. The lowest BCUT2D eigenvalue weighted by Gasteiger charge is -2.21. The van der Waals surface area contributed by atoms with Crippen molar-refractivity contribution >= 4 is 23.3 Å². The third-order valence-electron chi connectivity index (χ3n) is 5.80. The highest BCUT2D eigenvalue weighted by atomic mass is 32.1. The normalized spacial score (nSPS) is 25.3. The Labute approximate surface area is 150 Å². The van der Waals surface area contributed by atoms with Gasteiger partial charge >= 0.3 is 5.69 Å². The summed E-state index contributed by atoms with van der Waals surface area (Å²) in [5, 5.41) is 0.312. The number of hydrogen-bond donors (Lipinski definition) is 2. The quantitative estimate of drug-likeness (QED) is 0.821. The van der Waals surface area contributed by atoms with Gasteiger partial charge in [0.2, 0.25) is 0 Å². The molecule has 2 aliphatic rings. The summed E-state index contributed by atoms with van der Waals surface area (Å²) in [6.07, 6.45) is 6.15. The van der Waals surface area contributed by atoms with Crippen molar-refractivity contribution in [1.82, 2.24) is 19.5 Å². The van der Waals surface area contributed by atoms with Gasteiger partial charge in [0, 0.05) is 13.0 Å². The van der Waals surface area contributed by atoms with E-state index in [1.165, 1.54) is 25.7 Å². The van der Waals surface area contributed by atoms with Gasteiger partial charge in [-0.3, -0.25) is 14.3 Å². The van der Waals surface area contributed by atoms with Gasteiger partial charge in [-0.15, -0.1) is 0 Å². The number of H-pyrrole nitrogens is 2. The maximum atomic E-state index is 12.3. The van der Waals surface area contributed by atoms with Crippen molar-refractivity contribution in [3.8, 4) is 0 Å². The second kappa shape index (κ2) is 6.20. The van der Waals surface area contributed by atoms with Crippen LogP contribution in [0.2, 0.25) is 0 Å². The molecule has 2 N–H and O–H groups in total. The average molecular weight is 360 g/mol. The standard InChI is InChI=1S/C18H24N4O2S/c1-9(2)8-22-15-14(16(23)21-18(22)24)17(25)20-13(19-15)7-12-6-10-3-4-11(12)5-10/h9-12H,3-8H2,1-2H3,(H,19,20,25)(H,21,23,24)/t10-,11-,12-/m0/s1. The Morgan fingerprint density at radius 1 is 1.24 bits per heavy atom. The first-order valence-electron chi connectivity index (χ1n) is 9.18. The molecule has 0 saturated heterocycles. The van der Waals surface area contributed by atoms with E-state index in [-0.39, 0.29) is 10.6 Å². The summed E-state index contributed by atoms with van der Waals surface area (Å²) in [5.74, 6) is 3.39.